The lowest BCUT2D eigenvalue weighted by atomic mass is 9.74. The van der Waals surface area contributed by atoms with Crippen molar-refractivity contribution in [3.05, 3.63) is 48.0 Å². The number of imide groups is 1. The van der Waals surface area contributed by atoms with Gasteiger partial charge in [0.05, 0.1) is 6.54 Å². The zero-order chi connectivity index (χ0) is 22.3. The number of hydrogen-bond acceptors (Lipinski definition) is 3. The van der Waals surface area contributed by atoms with Crippen LogP contribution in [0.25, 0.3) is 0 Å². The molecule has 31 heavy (non-hydrogen) atoms. The van der Waals surface area contributed by atoms with E-state index in [0.29, 0.717) is 12.3 Å². The van der Waals surface area contributed by atoms with Crippen molar-refractivity contribution in [2.24, 2.45) is 11.8 Å². The molecule has 1 aromatic rings. The number of piperidine rings is 1. The predicted octanol–water partition coefficient (Wildman–Crippen LogP) is 3.86. The second-order valence-electron chi connectivity index (χ2n) is 8.95. The van der Waals surface area contributed by atoms with Gasteiger partial charge in [0, 0.05) is 6.54 Å². The van der Waals surface area contributed by atoms with E-state index in [1.54, 1.807) is 6.92 Å². The number of carbonyl (C=O) groups is 2. The van der Waals surface area contributed by atoms with Crippen molar-refractivity contribution in [1.29, 1.82) is 0 Å². The molecule has 2 saturated heterocycles. The van der Waals surface area contributed by atoms with Crippen LogP contribution in [0.2, 0.25) is 0 Å². The Morgan fingerprint density at radius 2 is 1.90 bits per heavy atom. The molecule has 5 heteroatoms. The smallest absolute Gasteiger partial charge is 0.323 e. The van der Waals surface area contributed by atoms with Gasteiger partial charge in [0.1, 0.15) is 5.54 Å². The minimum Gasteiger partial charge on any atom is -0.323 e. The predicted molar refractivity (Wildman–Crippen MR) is 124 cm³/mol. The number of allylic oxidation sites excluding steroid dienone is 1. The quantitative estimate of drug-likeness (QED) is 0.394. The van der Waals surface area contributed by atoms with E-state index >= 15 is 0 Å². The summed E-state index contributed by atoms with van der Waals surface area (Å²) in [6, 6.07) is 9.89. The van der Waals surface area contributed by atoms with Gasteiger partial charge in [-0.1, -0.05) is 62.3 Å². The number of nitrogens with zero attached hydrogens (tertiary/aromatic N) is 2. The number of likely N-dealkylation sites (tertiary alicyclic amines) is 1. The van der Waals surface area contributed by atoms with E-state index in [2.05, 4.69) is 60.2 Å². The SMILES string of the molecule is CC#CCN1C(=O)NC(CCc2ccccc2)(C2CCN(C/C=C/C(C)C)CC2)C1=O. The Hall–Kier alpha value is -2.58. The maximum atomic E-state index is 13.5. The average molecular weight is 422 g/mol. The molecule has 0 radical (unpaired) electrons. The van der Waals surface area contributed by atoms with Crippen LogP contribution in [0.1, 0.15) is 45.6 Å². The summed E-state index contributed by atoms with van der Waals surface area (Å²) in [5.74, 6) is 6.27. The number of nitrogens with one attached hydrogen (secondary N) is 1. The van der Waals surface area contributed by atoms with Gasteiger partial charge in [-0.25, -0.2) is 4.79 Å². The van der Waals surface area contributed by atoms with Gasteiger partial charge in [-0.3, -0.25) is 14.6 Å². The summed E-state index contributed by atoms with van der Waals surface area (Å²) in [5, 5.41) is 3.13. The summed E-state index contributed by atoms with van der Waals surface area (Å²) in [6.45, 7) is 9.08. The van der Waals surface area contributed by atoms with Crippen molar-refractivity contribution >= 4 is 11.9 Å². The zero-order valence-electron chi connectivity index (χ0n) is 19.1. The van der Waals surface area contributed by atoms with E-state index in [1.807, 2.05) is 18.2 Å². The first-order valence-corrected chi connectivity index (χ1v) is 11.4. The van der Waals surface area contributed by atoms with Crippen molar-refractivity contribution in [1.82, 2.24) is 15.1 Å². The lowest BCUT2D eigenvalue weighted by Gasteiger charge is -2.40. The van der Waals surface area contributed by atoms with Crippen molar-refractivity contribution in [3.8, 4) is 11.8 Å². The molecule has 2 aliphatic rings. The van der Waals surface area contributed by atoms with Crippen LogP contribution in [-0.4, -0.2) is 53.5 Å². The van der Waals surface area contributed by atoms with Crippen LogP contribution in [-0.2, 0) is 11.2 Å². The highest BCUT2D eigenvalue weighted by atomic mass is 16.2. The van der Waals surface area contributed by atoms with Gasteiger partial charge in [-0.05, 0) is 63.1 Å². The molecule has 0 aliphatic carbocycles. The summed E-state index contributed by atoms with van der Waals surface area (Å²) in [4.78, 5) is 30.0. The molecular weight excluding hydrogens is 386 g/mol. The van der Waals surface area contributed by atoms with E-state index in [-0.39, 0.29) is 24.4 Å². The number of urea groups is 1. The standard InChI is InChI=1S/C26H35N3O2/c1-4-5-18-29-24(30)26(27-25(29)31,16-13-22-11-7-6-8-12-22)23-14-19-28(20-15-23)17-9-10-21(2)3/h6-12,21,23H,13-20H2,1-3H3,(H,27,31)/b10-9+. The summed E-state index contributed by atoms with van der Waals surface area (Å²) < 4.78 is 0. The normalized spacial score (nSPS) is 22.8. The largest absolute Gasteiger partial charge is 0.325 e. The minimum atomic E-state index is -0.831. The molecule has 166 valence electrons. The third-order valence-corrected chi connectivity index (χ3v) is 6.44. The topological polar surface area (TPSA) is 52.7 Å². The Balaban J connectivity index is 1.74. The second kappa shape index (κ2) is 10.6. The van der Waals surface area contributed by atoms with Crippen LogP contribution in [0.3, 0.4) is 0 Å². The van der Waals surface area contributed by atoms with Crippen LogP contribution >= 0.6 is 0 Å². The lowest BCUT2D eigenvalue weighted by molar-refractivity contribution is -0.133. The molecule has 2 fully saturated rings. The van der Waals surface area contributed by atoms with E-state index in [0.717, 1.165) is 38.9 Å². The van der Waals surface area contributed by atoms with E-state index in [1.165, 1.54) is 10.5 Å². The van der Waals surface area contributed by atoms with Crippen LogP contribution in [0.5, 0.6) is 0 Å². The average Bonchev–Trinajstić information content (AvgIpc) is 3.02. The fraction of sp³-hybridized carbons (Fsp3) is 0.538. The molecule has 5 nitrogen and oxygen atoms in total. The third kappa shape index (κ3) is 5.57. The first-order chi connectivity index (χ1) is 15.0. The molecule has 1 aromatic carbocycles. The molecule has 2 heterocycles. The lowest BCUT2D eigenvalue weighted by Crippen LogP contribution is -2.56. The minimum absolute atomic E-state index is 0.102. The molecule has 1 atom stereocenters. The second-order valence-corrected chi connectivity index (χ2v) is 8.95. The Labute approximate surface area is 186 Å². The summed E-state index contributed by atoms with van der Waals surface area (Å²) in [5.41, 5.74) is 0.356. The Morgan fingerprint density at radius 1 is 1.19 bits per heavy atom. The molecule has 0 saturated carbocycles. The number of carbonyl (C=O) groups excluding carboxylic acids is 2. The maximum absolute atomic E-state index is 13.5. The molecular formula is C26H35N3O2. The van der Waals surface area contributed by atoms with Gasteiger partial charge in [0.25, 0.3) is 5.91 Å². The van der Waals surface area contributed by atoms with Gasteiger partial charge in [0.2, 0.25) is 0 Å². The molecule has 1 N–H and O–H groups in total. The zero-order valence-corrected chi connectivity index (χ0v) is 19.1. The van der Waals surface area contributed by atoms with Crippen molar-refractivity contribution in [3.63, 3.8) is 0 Å². The van der Waals surface area contributed by atoms with Gasteiger partial charge in [0.15, 0.2) is 0 Å². The summed E-state index contributed by atoms with van der Waals surface area (Å²) in [6.07, 6.45) is 7.67. The first-order valence-electron chi connectivity index (χ1n) is 11.4. The van der Waals surface area contributed by atoms with Crippen LogP contribution in [0.4, 0.5) is 4.79 Å². The molecule has 0 bridgehead atoms. The Kier molecular flexibility index (Phi) is 7.92. The van der Waals surface area contributed by atoms with Crippen LogP contribution in [0, 0.1) is 23.7 Å². The summed E-state index contributed by atoms with van der Waals surface area (Å²) >= 11 is 0. The van der Waals surface area contributed by atoms with Gasteiger partial charge >= 0.3 is 6.03 Å². The molecule has 0 aromatic heterocycles. The van der Waals surface area contributed by atoms with Crippen molar-refractivity contribution in [2.45, 2.75) is 52.0 Å². The first kappa shape index (κ1) is 23.1. The van der Waals surface area contributed by atoms with Crippen LogP contribution in [0.15, 0.2) is 42.5 Å². The highest BCUT2D eigenvalue weighted by Crippen LogP contribution is 2.37. The molecule has 3 amide bonds. The van der Waals surface area contributed by atoms with Gasteiger partial charge in [-0.2, -0.15) is 0 Å². The number of rotatable bonds is 8. The maximum Gasteiger partial charge on any atom is 0.325 e. The van der Waals surface area contributed by atoms with Gasteiger partial charge < -0.3 is 5.32 Å². The number of hydrogen-bond donors (Lipinski definition) is 1. The number of amides is 3. The van der Waals surface area contributed by atoms with Crippen LogP contribution < -0.4 is 5.32 Å². The third-order valence-electron chi connectivity index (χ3n) is 6.44. The van der Waals surface area contributed by atoms with E-state index in [4.69, 9.17) is 0 Å². The highest BCUT2D eigenvalue weighted by molar-refractivity contribution is 6.07. The Bertz CT molecular complexity index is 844. The molecule has 2 aliphatic heterocycles. The summed E-state index contributed by atoms with van der Waals surface area (Å²) in [7, 11) is 0. The fourth-order valence-electron chi connectivity index (χ4n) is 4.67. The van der Waals surface area contributed by atoms with Crippen molar-refractivity contribution < 1.29 is 9.59 Å². The molecule has 3 rings (SSSR count). The number of aryl methyl sites for hydroxylation is 1. The Morgan fingerprint density at radius 3 is 2.55 bits per heavy atom. The highest BCUT2D eigenvalue weighted by Gasteiger charge is 2.55. The molecule has 1 unspecified atom stereocenters. The van der Waals surface area contributed by atoms with E-state index in [9.17, 15) is 9.59 Å². The van der Waals surface area contributed by atoms with E-state index < -0.39 is 5.54 Å². The van der Waals surface area contributed by atoms with Crippen molar-refractivity contribution in [2.75, 3.05) is 26.2 Å². The van der Waals surface area contributed by atoms with Gasteiger partial charge in [-0.15, -0.1) is 5.92 Å². The molecule has 0 spiro atoms. The monoisotopic (exact) mass is 421 g/mol. The fourth-order valence-corrected chi connectivity index (χ4v) is 4.67. The number of benzene rings is 1.